The summed E-state index contributed by atoms with van der Waals surface area (Å²) in [6.45, 7) is 5.48. The van der Waals surface area contributed by atoms with Gasteiger partial charge in [0.15, 0.2) is 9.84 Å². The number of sulfone groups is 1. The van der Waals surface area contributed by atoms with Crippen LogP contribution in [0.5, 0.6) is 0 Å². The van der Waals surface area contributed by atoms with Crippen molar-refractivity contribution in [1.82, 2.24) is 10.2 Å². The summed E-state index contributed by atoms with van der Waals surface area (Å²) in [6, 6.07) is 0.172. The SMILES string of the molecule is Cl.O=S1(=O)CCC(NCCN2CCOCC2)C1. The van der Waals surface area contributed by atoms with Crippen LogP contribution in [0.3, 0.4) is 0 Å². The minimum absolute atomic E-state index is 0. The van der Waals surface area contributed by atoms with Gasteiger partial charge in [-0.05, 0) is 6.42 Å². The van der Waals surface area contributed by atoms with Gasteiger partial charge in [-0.1, -0.05) is 0 Å². The van der Waals surface area contributed by atoms with Gasteiger partial charge in [0.05, 0.1) is 24.7 Å². The Bertz CT molecular complexity index is 318. The molecule has 2 heterocycles. The zero-order valence-corrected chi connectivity index (χ0v) is 11.6. The van der Waals surface area contributed by atoms with Gasteiger partial charge in [0, 0.05) is 32.2 Å². The van der Waals surface area contributed by atoms with Gasteiger partial charge >= 0.3 is 0 Å². The Labute approximate surface area is 109 Å². The molecule has 1 atom stereocenters. The molecule has 7 heteroatoms. The van der Waals surface area contributed by atoms with Crippen molar-refractivity contribution in [2.75, 3.05) is 50.9 Å². The molecule has 0 aromatic heterocycles. The first-order valence-corrected chi connectivity index (χ1v) is 7.72. The topological polar surface area (TPSA) is 58.6 Å². The molecule has 0 bridgehead atoms. The van der Waals surface area contributed by atoms with Crippen LogP contribution in [0.2, 0.25) is 0 Å². The van der Waals surface area contributed by atoms with Crippen molar-refractivity contribution in [3.05, 3.63) is 0 Å². The highest BCUT2D eigenvalue weighted by molar-refractivity contribution is 7.91. The third-order valence-electron chi connectivity index (χ3n) is 3.20. The average molecular weight is 285 g/mol. The molecule has 1 N–H and O–H groups in total. The second-order valence-corrected chi connectivity index (χ2v) is 6.74. The van der Waals surface area contributed by atoms with E-state index in [-0.39, 0.29) is 18.4 Å². The number of hydrogen-bond donors (Lipinski definition) is 1. The fourth-order valence-electron chi connectivity index (χ4n) is 2.21. The number of ether oxygens (including phenoxy) is 1. The third kappa shape index (κ3) is 5.09. The van der Waals surface area contributed by atoms with Gasteiger partial charge in [-0.2, -0.15) is 0 Å². The van der Waals surface area contributed by atoms with E-state index in [9.17, 15) is 8.42 Å². The molecule has 17 heavy (non-hydrogen) atoms. The molecule has 2 aliphatic heterocycles. The summed E-state index contributed by atoms with van der Waals surface area (Å²) in [4.78, 5) is 2.35. The second kappa shape index (κ2) is 6.89. The molecule has 0 saturated carbocycles. The molecule has 102 valence electrons. The number of morpholine rings is 1. The van der Waals surface area contributed by atoms with Gasteiger partial charge in [-0.25, -0.2) is 8.42 Å². The monoisotopic (exact) mass is 284 g/mol. The Kier molecular flexibility index (Phi) is 6.16. The van der Waals surface area contributed by atoms with Crippen LogP contribution in [-0.2, 0) is 14.6 Å². The van der Waals surface area contributed by atoms with E-state index in [4.69, 9.17) is 4.74 Å². The zero-order chi connectivity index (χ0) is 11.4. The first kappa shape index (κ1) is 15.2. The van der Waals surface area contributed by atoms with E-state index in [1.54, 1.807) is 0 Å². The van der Waals surface area contributed by atoms with Crippen LogP contribution in [0, 0.1) is 0 Å². The quantitative estimate of drug-likeness (QED) is 0.755. The van der Waals surface area contributed by atoms with Crippen molar-refractivity contribution in [2.45, 2.75) is 12.5 Å². The van der Waals surface area contributed by atoms with Gasteiger partial charge in [-0.15, -0.1) is 12.4 Å². The van der Waals surface area contributed by atoms with Gasteiger partial charge in [0.25, 0.3) is 0 Å². The lowest BCUT2D eigenvalue weighted by Gasteiger charge is -2.27. The number of nitrogens with one attached hydrogen (secondary N) is 1. The second-order valence-electron chi connectivity index (χ2n) is 4.51. The lowest BCUT2D eigenvalue weighted by atomic mass is 10.2. The molecule has 0 aromatic carbocycles. The lowest BCUT2D eigenvalue weighted by Crippen LogP contribution is -2.42. The Morgan fingerprint density at radius 3 is 2.59 bits per heavy atom. The molecule has 2 fully saturated rings. The summed E-state index contributed by atoms with van der Waals surface area (Å²) in [6.07, 6.45) is 0.769. The van der Waals surface area contributed by atoms with Crippen LogP contribution in [0.4, 0.5) is 0 Å². The zero-order valence-electron chi connectivity index (χ0n) is 9.93. The van der Waals surface area contributed by atoms with Crippen LogP contribution in [0.25, 0.3) is 0 Å². The number of nitrogens with zero attached hydrogens (tertiary/aromatic N) is 1. The summed E-state index contributed by atoms with van der Waals surface area (Å²) in [5, 5.41) is 3.32. The smallest absolute Gasteiger partial charge is 0.151 e. The van der Waals surface area contributed by atoms with Gasteiger partial charge < -0.3 is 10.1 Å². The standard InChI is InChI=1S/C10H20N2O3S.ClH/c13-16(14)8-1-10(9-16)11-2-3-12-4-6-15-7-5-12;/h10-11H,1-9H2;1H. The van der Waals surface area contributed by atoms with Crippen molar-refractivity contribution < 1.29 is 13.2 Å². The van der Waals surface area contributed by atoms with Gasteiger partial charge in [0.2, 0.25) is 0 Å². The molecule has 2 saturated heterocycles. The molecule has 2 rings (SSSR count). The molecular formula is C10H21ClN2O3S. The Morgan fingerprint density at radius 2 is 2.00 bits per heavy atom. The van der Waals surface area contributed by atoms with E-state index < -0.39 is 9.84 Å². The van der Waals surface area contributed by atoms with Gasteiger partial charge in [-0.3, -0.25) is 4.90 Å². The maximum Gasteiger partial charge on any atom is 0.151 e. The summed E-state index contributed by atoms with van der Waals surface area (Å²) in [5.41, 5.74) is 0. The summed E-state index contributed by atoms with van der Waals surface area (Å²) < 4.78 is 27.7. The molecule has 5 nitrogen and oxygen atoms in total. The largest absolute Gasteiger partial charge is 0.379 e. The van der Waals surface area contributed by atoms with E-state index in [1.807, 2.05) is 0 Å². The first-order valence-electron chi connectivity index (χ1n) is 5.90. The Balaban J connectivity index is 0.00000144. The molecule has 0 radical (unpaired) electrons. The van der Waals surface area contributed by atoms with E-state index in [0.717, 1.165) is 45.8 Å². The summed E-state index contributed by atoms with van der Waals surface area (Å²) in [7, 11) is -2.75. The highest BCUT2D eigenvalue weighted by atomic mass is 35.5. The van der Waals surface area contributed by atoms with Crippen LogP contribution in [-0.4, -0.2) is 70.3 Å². The maximum atomic E-state index is 11.2. The normalized spacial score (nSPS) is 28.8. The lowest BCUT2D eigenvalue weighted by molar-refractivity contribution is 0.0382. The highest BCUT2D eigenvalue weighted by Crippen LogP contribution is 2.10. The van der Waals surface area contributed by atoms with E-state index >= 15 is 0 Å². The van der Waals surface area contributed by atoms with Crippen molar-refractivity contribution >= 4 is 22.2 Å². The molecule has 2 aliphatic rings. The summed E-state index contributed by atoms with van der Waals surface area (Å²) in [5.74, 6) is 0.665. The predicted molar refractivity (Wildman–Crippen MR) is 69.6 cm³/mol. The first-order chi connectivity index (χ1) is 7.66. The average Bonchev–Trinajstić information content (AvgIpc) is 2.60. The maximum absolute atomic E-state index is 11.2. The molecule has 0 spiro atoms. The third-order valence-corrected chi connectivity index (χ3v) is 4.97. The van der Waals surface area contributed by atoms with Crippen LogP contribution in [0.1, 0.15) is 6.42 Å². The fourth-order valence-corrected chi connectivity index (χ4v) is 3.92. The van der Waals surface area contributed by atoms with Crippen molar-refractivity contribution in [3.8, 4) is 0 Å². The summed E-state index contributed by atoms with van der Waals surface area (Å²) >= 11 is 0. The van der Waals surface area contributed by atoms with Crippen LogP contribution < -0.4 is 5.32 Å². The van der Waals surface area contributed by atoms with Crippen LogP contribution in [0.15, 0.2) is 0 Å². The molecule has 0 aromatic rings. The predicted octanol–water partition coefficient (Wildman–Crippen LogP) is -0.483. The minimum Gasteiger partial charge on any atom is -0.379 e. The van der Waals surface area contributed by atoms with Gasteiger partial charge in [0.1, 0.15) is 0 Å². The van der Waals surface area contributed by atoms with Crippen molar-refractivity contribution in [3.63, 3.8) is 0 Å². The Hall–Kier alpha value is 0.120. The van der Waals surface area contributed by atoms with Crippen molar-refractivity contribution in [1.29, 1.82) is 0 Å². The molecule has 1 unspecified atom stereocenters. The number of halogens is 1. The van der Waals surface area contributed by atoms with Crippen molar-refractivity contribution in [2.24, 2.45) is 0 Å². The Morgan fingerprint density at radius 1 is 1.29 bits per heavy atom. The molecular weight excluding hydrogens is 264 g/mol. The van der Waals surface area contributed by atoms with E-state index in [2.05, 4.69) is 10.2 Å². The highest BCUT2D eigenvalue weighted by Gasteiger charge is 2.27. The minimum atomic E-state index is -2.75. The number of hydrogen-bond acceptors (Lipinski definition) is 5. The van der Waals surface area contributed by atoms with Crippen LogP contribution >= 0.6 is 12.4 Å². The van der Waals surface area contributed by atoms with E-state index in [0.29, 0.717) is 11.5 Å². The fraction of sp³-hybridized carbons (Fsp3) is 1.00. The number of rotatable bonds is 4. The molecule has 0 aliphatic carbocycles. The van der Waals surface area contributed by atoms with E-state index in [1.165, 1.54) is 0 Å². The molecule has 0 amide bonds.